The summed E-state index contributed by atoms with van der Waals surface area (Å²) in [5, 5.41) is 0. The molecule has 90 valence electrons. The van der Waals surface area contributed by atoms with Gasteiger partial charge in [0.05, 0.1) is 0 Å². The summed E-state index contributed by atoms with van der Waals surface area (Å²) >= 11 is 0. The molecule has 1 nitrogen and oxygen atoms in total. The van der Waals surface area contributed by atoms with Crippen LogP contribution in [0.4, 0.5) is 0 Å². The number of benzene rings is 1. The summed E-state index contributed by atoms with van der Waals surface area (Å²) in [6.07, 6.45) is 4.22. The molecule has 0 amide bonds. The topological polar surface area (TPSA) is 26.0 Å². The molecule has 0 aliphatic carbocycles. The molecule has 0 atom stereocenters. The van der Waals surface area contributed by atoms with Crippen molar-refractivity contribution >= 4 is 0 Å². The van der Waals surface area contributed by atoms with Gasteiger partial charge in [0.1, 0.15) is 0 Å². The van der Waals surface area contributed by atoms with E-state index in [9.17, 15) is 0 Å². The largest absolute Gasteiger partial charge is 0.330 e. The predicted molar refractivity (Wildman–Crippen MR) is 73.7 cm³/mol. The average molecular weight is 219 g/mol. The maximum atomic E-state index is 5.55. The second kappa shape index (κ2) is 9.17. The van der Waals surface area contributed by atoms with Crippen LogP contribution in [0.2, 0.25) is 0 Å². The van der Waals surface area contributed by atoms with Crippen LogP contribution in [0, 0.1) is 6.92 Å². The van der Waals surface area contributed by atoms with Crippen LogP contribution in [-0.4, -0.2) is 6.54 Å². The fourth-order valence-electron chi connectivity index (χ4n) is 1.60. The maximum absolute atomic E-state index is 5.55. The molecule has 0 heterocycles. The van der Waals surface area contributed by atoms with Crippen molar-refractivity contribution in [3.63, 3.8) is 0 Å². The van der Waals surface area contributed by atoms with E-state index in [0.29, 0.717) is 0 Å². The van der Waals surface area contributed by atoms with Gasteiger partial charge in [-0.05, 0) is 38.8 Å². The summed E-state index contributed by atoms with van der Waals surface area (Å²) in [6, 6.07) is 8.65. The van der Waals surface area contributed by atoms with Gasteiger partial charge in [0.25, 0.3) is 0 Å². The van der Waals surface area contributed by atoms with E-state index in [4.69, 9.17) is 5.73 Å². The number of hydrogen-bond acceptors (Lipinski definition) is 1. The third-order valence-corrected chi connectivity index (χ3v) is 2.39. The Balaban J connectivity index is 0.00000106. The van der Waals surface area contributed by atoms with Crippen molar-refractivity contribution in [2.75, 3.05) is 6.54 Å². The number of allylic oxidation sites excluding steroid dienone is 1. The first-order valence-corrected chi connectivity index (χ1v) is 6.16. The zero-order chi connectivity index (χ0) is 12.4. The fraction of sp³-hybridized carbons (Fsp3) is 0.467. The zero-order valence-corrected chi connectivity index (χ0v) is 11.1. The van der Waals surface area contributed by atoms with Crippen LogP contribution in [0.3, 0.4) is 0 Å². The molecule has 0 fully saturated rings. The lowest BCUT2D eigenvalue weighted by atomic mass is 10.0. The molecule has 2 N–H and O–H groups in total. The summed E-state index contributed by atoms with van der Waals surface area (Å²) in [4.78, 5) is 0. The van der Waals surface area contributed by atoms with Crippen LogP contribution < -0.4 is 5.73 Å². The normalized spacial score (nSPS) is 10.7. The Morgan fingerprint density at radius 3 is 2.50 bits per heavy atom. The lowest BCUT2D eigenvalue weighted by Crippen LogP contribution is -2.02. The summed E-state index contributed by atoms with van der Waals surface area (Å²) in [7, 11) is 0. The quantitative estimate of drug-likeness (QED) is 0.765. The number of hydrogen-bond donors (Lipinski definition) is 1. The molecule has 0 saturated heterocycles. The molecule has 0 spiro atoms. The average Bonchev–Trinajstić information content (AvgIpc) is 2.31. The van der Waals surface area contributed by atoms with E-state index in [-0.39, 0.29) is 0 Å². The molecule has 16 heavy (non-hydrogen) atoms. The molecular formula is C15H25N. The summed E-state index contributed by atoms with van der Waals surface area (Å²) in [5.41, 5.74) is 9.68. The molecule has 0 aliphatic heterocycles. The molecule has 0 radical (unpaired) electrons. The van der Waals surface area contributed by atoms with E-state index in [0.717, 1.165) is 19.4 Å². The van der Waals surface area contributed by atoms with Crippen LogP contribution in [0.25, 0.3) is 0 Å². The SMILES string of the molecule is C/C=C(\CCN)Cc1cccc(C)c1.CC. The molecule has 1 aromatic carbocycles. The molecule has 0 unspecified atom stereocenters. The van der Waals surface area contributed by atoms with Gasteiger partial charge in [-0.25, -0.2) is 0 Å². The molecule has 0 aromatic heterocycles. The summed E-state index contributed by atoms with van der Waals surface area (Å²) in [6.45, 7) is 8.95. The molecule has 1 heteroatoms. The van der Waals surface area contributed by atoms with E-state index < -0.39 is 0 Å². The van der Waals surface area contributed by atoms with Gasteiger partial charge in [-0.3, -0.25) is 0 Å². The van der Waals surface area contributed by atoms with Crippen molar-refractivity contribution in [2.24, 2.45) is 5.73 Å². The predicted octanol–water partition coefficient (Wildman–Crippen LogP) is 3.86. The van der Waals surface area contributed by atoms with Gasteiger partial charge in [0, 0.05) is 0 Å². The minimum atomic E-state index is 0.742. The minimum Gasteiger partial charge on any atom is -0.330 e. The van der Waals surface area contributed by atoms with Gasteiger partial charge in [-0.1, -0.05) is 55.3 Å². The monoisotopic (exact) mass is 219 g/mol. The van der Waals surface area contributed by atoms with E-state index in [2.05, 4.69) is 44.2 Å². The second-order valence-corrected chi connectivity index (χ2v) is 3.65. The number of nitrogens with two attached hydrogens (primary N) is 1. The van der Waals surface area contributed by atoms with Crippen molar-refractivity contribution in [3.8, 4) is 0 Å². The van der Waals surface area contributed by atoms with Crippen molar-refractivity contribution in [1.29, 1.82) is 0 Å². The fourth-order valence-corrected chi connectivity index (χ4v) is 1.60. The van der Waals surface area contributed by atoms with Crippen molar-refractivity contribution in [2.45, 2.75) is 40.5 Å². The van der Waals surface area contributed by atoms with Crippen LogP contribution in [-0.2, 0) is 6.42 Å². The van der Waals surface area contributed by atoms with Crippen LogP contribution >= 0.6 is 0 Å². The molecule has 1 rings (SSSR count). The number of rotatable bonds is 4. The van der Waals surface area contributed by atoms with Gasteiger partial charge in [0.2, 0.25) is 0 Å². The molecule has 0 aliphatic rings. The lowest BCUT2D eigenvalue weighted by Gasteiger charge is -2.06. The van der Waals surface area contributed by atoms with Crippen molar-refractivity contribution in [1.82, 2.24) is 0 Å². The Kier molecular flexibility index (Phi) is 8.55. The first-order chi connectivity index (χ1) is 7.76. The highest BCUT2D eigenvalue weighted by Gasteiger charge is 1.98. The lowest BCUT2D eigenvalue weighted by molar-refractivity contribution is 0.904. The highest BCUT2D eigenvalue weighted by molar-refractivity contribution is 5.26. The Hall–Kier alpha value is -1.08. The Labute approximate surface area is 100 Å². The molecule has 0 saturated carbocycles. The standard InChI is InChI=1S/C13H19N.C2H6/c1-3-12(7-8-14)10-13-6-4-5-11(2)9-13;1-2/h3-6,9H,7-8,10,14H2,1-2H3;1-2H3/b12-3+;. The zero-order valence-electron chi connectivity index (χ0n) is 11.1. The van der Waals surface area contributed by atoms with Gasteiger partial charge in [-0.15, -0.1) is 0 Å². The van der Waals surface area contributed by atoms with Gasteiger partial charge in [0.15, 0.2) is 0 Å². The van der Waals surface area contributed by atoms with Gasteiger partial charge < -0.3 is 5.73 Å². The molecular weight excluding hydrogens is 194 g/mol. The second-order valence-electron chi connectivity index (χ2n) is 3.65. The number of aryl methyl sites for hydroxylation is 1. The van der Waals surface area contributed by atoms with Crippen molar-refractivity contribution < 1.29 is 0 Å². The Bertz CT molecular complexity index is 313. The van der Waals surface area contributed by atoms with E-state index in [1.807, 2.05) is 13.8 Å². The third-order valence-electron chi connectivity index (χ3n) is 2.39. The minimum absolute atomic E-state index is 0.742. The van der Waals surface area contributed by atoms with Crippen LogP contribution in [0.1, 0.15) is 38.3 Å². The highest BCUT2D eigenvalue weighted by Crippen LogP contribution is 2.12. The summed E-state index contributed by atoms with van der Waals surface area (Å²) < 4.78 is 0. The van der Waals surface area contributed by atoms with Crippen molar-refractivity contribution in [3.05, 3.63) is 47.0 Å². The Morgan fingerprint density at radius 1 is 1.31 bits per heavy atom. The highest BCUT2D eigenvalue weighted by atomic mass is 14.5. The van der Waals surface area contributed by atoms with E-state index in [1.165, 1.54) is 16.7 Å². The Morgan fingerprint density at radius 2 is 2.00 bits per heavy atom. The third kappa shape index (κ3) is 5.72. The smallest absolute Gasteiger partial charge is 0.00398 e. The first-order valence-electron chi connectivity index (χ1n) is 6.16. The first kappa shape index (κ1) is 14.9. The van der Waals surface area contributed by atoms with E-state index in [1.54, 1.807) is 0 Å². The summed E-state index contributed by atoms with van der Waals surface area (Å²) in [5.74, 6) is 0. The molecule has 0 bridgehead atoms. The van der Waals surface area contributed by atoms with Crippen LogP contribution in [0.15, 0.2) is 35.9 Å². The van der Waals surface area contributed by atoms with Crippen LogP contribution in [0.5, 0.6) is 0 Å². The van der Waals surface area contributed by atoms with E-state index >= 15 is 0 Å². The van der Waals surface area contributed by atoms with Gasteiger partial charge >= 0.3 is 0 Å². The van der Waals surface area contributed by atoms with Gasteiger partial charge in [-0.2, -0.15) is 0 Å². The maximum Gasteiger partial charge on any atom is -0.00398 e. The molecule has 1 aromatic rings.